The Labute approximate surface area is 172 Å². The maximum absolute atomic E-state index is 5.54. The van der Waals surface area contributed by atoms with Crippen LogP contribution in [0.5, 0.6) is 11.5 Å². The number of hydrogen-bond acceptors (Lipinski definition) is 7. The first-order valence-corrected chi connectivity index (χ1v) is 10.6. The molecule has 0 unspecified atom stereocenters. The summed E-state index contributed by atoms with van der Waals surface area (Å²) in [6.45, 7) is 1.56. The van der Waals surface area contributed by atoms with Crippen LogP contribution in [0.15, 0.2) is 47.8 Å². The van der Waals surface area contributed by atoms with Crippen LogP contribution in [-0.2, 0) is 13.1 Å². The second-order valence-corrected chi connectivity index (χ2v) is 8.41. The lowest BCUT2D eigenvalue weighted by Crippen LogP contribution is -2.17. The van der Waals surface area contributed by atoms with E-state index in [1.54, 1.807) is 36.9 Å². The minimum absolute atomic E-state index is 0.713. The molecule has 0 fully saturated rings. The van der Waals surface area contributed by atoms with Gasteiger partial charge in [-0.3, -0.25) is 4.90 Å². The first kappa shape index (κ1) is 18.9. The molecule has 0 spiro atoms. The highest BCUT2D eigenvalue weighted by atomic mass is 32.1. The van der Waals surface area contributed by atoms with Crippen molar-refractivity contribution in [3.63, 3.8) is 0 Å². The smallest absolute Gasteiger partial charge is 0.170 e. The Morgan fingerprint density at radius 1 is 0.964 bits per heavy atom. The Morgan fingerprint density at radius 3 is 2.61 bits per heavy atom. The number of thiazole rings is 2. The second kappa shape index (κ2) is 8.26. The molecular weight excluding hydrogens is 390 g/mol. The molecule has 7 heteroatoms. The minimum Gasteiger partial charge on any atom is -0.493 e. The number of para-hydroxylation sites is 2. The first-order valence-electron chi connectivity index (χ1n) is 8.86. The van der Waals surface area contributed by atoms with E-state index in [9.17, 15) is 0 Å². The van der Waals surface area contributed by atoms with Gasteiger partial charge in [0.05, 0.1) is 42.2 Å². The molecule has 0 saturated carbocycles. The fraction of sp³-hybridized carbons (Fsp3) is 0.238. The molecule has 4 rings (SSSR count). The van der Waals surface area contributed by atoms with Gasteiger partial charge in [0.15, 0.2) is 11.5 Å². The van der Waals surface area contributed by atoms with Crippen molar-refractivity contribution in [2.24, 2.45) is 0 Å². The van der Waals surface area contributed by atoms with E-state index in [1.807, 2.05) is 24.3 Å². The third kappa shape index (κ3) is 3.87. The van der Waals surface area contributed by atoms with Gasteiger partial charge in [0.25, 0.3) is 0 Å². The fourth-order valence-corrected chi connectivity index (χ4v) is 4.99. The van der Waals surface area contributed by atoms with Crippen molar-refractivity contribution in [3.8, 4) is 22.1 Å². The van der Waals surface area contributed by atoms with Gasteiger partial charge >= 0.3 is 0 Å². The Bertz CT molecular complexity index is 1060. The lowest BCUT2D eigenvalue weighted by atomic mass is 10.2. The number of methoxy groups -OCH3 is 2. The van der Waals surface area contributed by atoms with Crippen LogP contribution in [0.1, 0.15) is 10.7 Å². The van der Waals surface area contributed by atoms with E-state index >= 15 is 0 Å². The number of hydrogen-bond donors (Lipinski definition) is 0. The van der Waals surface area contributed by atoms with Crippen molar-refractivity contribution >= 4 is 32.9 Å². The molecule has 0 aliphatic heterocycles. The summed E-state index contributed by atoms with van der Waals surface area (Å²) < 4.78 is 12.2. The van der Waals surface area contributed by atoms with E-state index in [-0.39, 0.29) is 0 Å². The number of aromatic nitrogens is 2. The van der Waals surface area contributed by atoms with Crippen molar-refractivity contribution in [2.45, 2.75) is 13.1 Å². The van der Waals surface area contributed by atoms with E-state index in [2.05, 4.69) is 35.5 Å². The van der Waals surface area contributed by atoms with E-state index in [0.29, 0.717) is 11.5 Å². The monoisotopic (exact) mass is 411 g/mol. The molecule has 4 aromatic rings. The highest BCUT2D eigenvalue weighted by Gasteiger charge is 2.15. The number of ether oxygens (including phenoxy) is 2. The van der Waals surface area contributed by atoms with Crippen LogP contribution in [0.4, 0.5) is 0 Å². The molecule has 2 heterocycles. The average molecular weight is 412 g/mol. The molecule has 2 aromatic carbocycles. The zero-order valence-electron chi connectivity index (χ0n) is 16.0. The van der Waals surface area contributed by atoms with Crippen molar-refractivity contribution in [1.29, 1.82) is 0 Å². The molecule has 0 radical (unpaired) electrons. The van der Waals surface area contributed by atoms with Crippen molar-refractivity contribution < 1.29 is 9.47 Å². The Kier molecular flexibility index (Phi) is 5.57. The number of nitrogens with zero attached hydrogens (tertiary/aromatic N) is 3. The number of benzene rings is 2. The van der Waals surface area contributed by atoms with Crippen LogP contribution in [-0.4, -0.2) is 36.1 Å². The van der Waals surface area contributed by atoms with Crippen molar-refractivity contribution in [3.05, 3.63) is 58.5 Å². The zero-order valence-corrected chi connectivity index (χ0v) is 17.6. The summed E-state index contributed by atoms with van der Waals surface area (Å²) in [6.07, 6.45) is 0. The zero-order chi connectivity index (χ0) is 19.5. The molecule has 5 nitrogen and oxygen atoms in total. The van der Waals surface area contributed by atoms with Crippen LogP contribution < -0.4 is 9.47 Å². The van der Waals surface area contributed by atoms with Gasteiger partial charge < -0.3 is 9.47 Å². The Hall–Kier alpha value is -2.48. The van der Waals surface area contributed by atoms with Gasteiger partial charge in [-0.05, 0) is 31.3 Å². The standard InChI is InChI=1S/C21H21N3O2S2/c1-24(12-19-23-16-8-4-5-10-18(16)28-19)11-14-13-27-21(22-14)15-7-6-9-17(25-2)20(15)26-3/h4-10,13H,11-12H2,1-3H3. The van der Waals surface area contributed by atoms with Crippen LogP contribution in [0.3, 0.4) is 0 Å². The largest absolute Gasteiger partial charge is 0.493 e. The molecule has 0 aliphatic carbocycles. The summed E-state index contributed by atoms with van der Waals surface area (Å²) >= 11 is 3.36. The van der Waals surface area contributed by atoms with E-state index in [0.717, 1.165) is 39.9 Å². The molecule has 144 valence electrons. The third-order valence-corrected chi connectivity index (χ3v) is 6.31. The lowest BCUT2D eigenvalue weighted by Gasteiger charge is -2.13. The van der Waals surface area contributed by atoms with Crippen molar-refractivity contribution in [2.75, 3.05) is 21.3 Å². The molecule has 0 atom stereocenters. The molecule has 0 bridgehead atoms. The predicted molar refractivity (Wildman–Crippen MR) is 115 cm³/mol. The van der Waals surface area contributed by atoms with Crippen LogP contribution in [0, 0.1) is 0 Å². The summed E-state index contributed by atoms with van der Waals surface area (Å²) in [6, 6.07) is 14.1. The molecule has 0 saturated heterocycles. The third-order valence-electron chi connectivity index (χ3n) is 4.36. The lowest BCUT2D eigenvalue weighted by molar-refractivity contribution is 0.315. The molecular formula is C21H21N3O2S2. The van der Waals surface area contributed by atoms with Gasteiger partial charge in [0, 0.05) is 11.9 Å². The summed E-state index contributed by atoms with van der Waals surface area (Å²) in [4.78, 5) is 11.8. The topological polar surface area (TPSA) is 47.5 Å². The van der Waals surface area contributed by atoms with Gasteiger partial charge in [-0.15, -0.1) is 22.7 Å². The second-order valence-electron chi connectivity index (χ2n) is 6.43. The Balaban J connectivity index is 1.49. The summed E-state index contributed by atoms with van der Waals surface area (Å²) in [7, 11) is 5.39. The molecule has 28 heavy (non-hydrogen) atoms. The van der Waals surface area contributed by atoms with E-state index in [4.69, 9.17) is 19.4 Å². The summed E-state index contributed by atoms with van der Waals surface area (Å²) in [5.41, 5.74) is 3.05. The first-order chi connectivity index (χ1) is 13.7. The molecule has 2 aromatic heterocycles. The SMILES string of the molecule is COc1cccc(-c2nc(CN(C)Cc3nc4ccccc4s3)cs2)c1OC. The van der Waals surface area contributed by atoms with Gasteiger partial charge in [-0.25, -0.2) is 9.97 Å². The van der Waals surface area contributed by atoms with E-state index in [1.165, 1.54) is 4.70 Å². The maximum Gasteiger partial charge on any atom is 0.170 e. The van der Waals surface area contributed by atoms with Crippen LogP contribution in [0.25, 0.3) is 20.8 Å². The Morgan fingerprint density at radius 2 is 1.82 bits per heavy atom. The van der Waals surface area contributed by atoms with Gasteiger partial charge in [0.1, 0.15) is 10.0 Å². The predicted octanol–water partition coefficient (Wildman–Crippen LogP) is 5.07. The highest BCUT2D eigenvalue weighted by molar-refractivity contribution is 7.18. The summed E-state index contributed by atoms with van der Waals surface area (Å²) in [5, 5.41) is 4.15. The highest BCUT2D eigenvalue weighted by Crippen LogP contribution is 2.39. The molecule has 0 aliphatic rings. The molecule has 0 N–H and O–H groups in total. The number of rotatable bonds is 7. The maximum atomic E-state index is 5.54. The minimum atomic E-state index is 0.713. The fourth-order valence-electron chi connectivity index (χ4n) is 3.11. The quantitative estimate of drug-likeness (QED) is 0.425. The van der Waals surface area contributed by atoms with Crippen molar-refractivity contribution in [1.82, 2.24) is 14.9 Å². The van der Waals surface area contributed by atoms with Crippen LogP contribution in [0.2, 0.25) is 0 Å². The number of fused-ring (bicyclic) bond motifs is 1. The normalized spacial score (nSPS) is 11.3. The molecule has 0 amide bonds. The van der Waals surface area contributed by atoms with Crippen LogP contribution >= 0.6 is 22.7 Å². The van der Waals surface area contributed by atoms with Gasteiger partial charge in [-0.2, -0.15) is 0 Å². The van der Waals surface area contributed by atoms with Gasteiger partial charge in [0.2, 0.25) is 0 Å². The van der Waals surface area contributed by atoms with E-state index < -0.39 is 0 Å². The average Bonchev–Trinajstić information content (AvgIpc) is 3.33. The van der Waals surface area contributed by atoms with Gasteiger partial charge in [-0.1, -0.05) is 18.2 Å². The summed E-state index contributed by atoms with van der Waals surface area (Å²) in [5.74, 6) is 1.43.